The van der Waals surface area contributed by atoms with Crippen LogP contribution in [0.4, 0.5) is 18.9 Å². The van der Waals surface area contributed by atoms with Crippen LogP contribution >= 0.6 is 0 Å². The Morgan fingerprint density at radius 2 is 1.43 bits per heavy atom. The quantitative estimate of drug-likeness (QED) is 0.167. The largest absolute Gasteiger partial charge is 0.468 e. The van der Waals surface area contributed by atoms with Crippen molar-refractivity contribution in [2.75, 3.05) is 6.61 Å². The first kappa shape index (κ1) is 35.5. The lowest BCUT2D eigenvalue weighted by molar-refractivity contribution is -0.375. The first-order valence-corrected chi connectivity index (χ1v) is 16.9. The molecule has 6 unspecified atom stereocenters. The van der Waals surface area contributed by atoms with Gasteiger partial charge in [0.15, 0.2) is 12.6 Å². The molecule has 3 aliphatic heterocycles. The van der Waals surface area contributed by atoms with Crippen LogP contribution in [0, 0.1) is 17.8 Å². The van der Waals surface area contributed by atoms with Crippen LogP contribution in [0.15, 0.2) is 96.0 Å². The maximum atomic E-state index is 14.1. The number of hydrogen-bond donors (Lipinski definition) is 0. The van der Waals surface area contributed by atoms with Crippen molar-refractivity contribution >= 4 is 11.6 Å². The van der Waals surface area contributed by atoms with Gasteiger partial charge in [-0.15, -0.1) is 0 Å². The molecule has 3 aromatic rings. The molecule has 0 radical (unpaired) electrons. The van der Waals surface area contributed by atoms with Crippen LogP contribution in [-0.2, 0) is 39.8 Å². The van der Waals surface area contributed by atoms with E-state index in [1.54, 1.807) is 25.1 Å². The van der Waals surface area contributed by atoms with E-state index >= 15 is 0 Å². The molecule has 264 valence electrons. The molecular formula is C38H44F3NO7. The van der Waals surface area contributed by atoms with Gasteiger partial charge in [-0.05, 0) is 30.0 Å². The van der Waals surface area contributed by atoms with Gasteiger partial charge in [-0.1, -0.05) is 107 Å². The summed E-state index contributed by atoms with van der Waals surface area (Å²) >= 11 is 0. The van der Waals surface area contributed by atoms with Crippen LogP contribution in [0.5, 0.6) is 0 Å². The minimum Gasteiger partial charge on any atom is -0.444 e. The molecule has 6 rings (SSSR count). The highest BCUT2D eigenvalue weighted by Crippen LogP contribution is 2.42. The Kier molecular flexibility index (Phi) is 11.4. The number of hydrogen-bond acceptors (Lipinski definition) is 8. The zero-order valence-corrected chi connectivity index (χ0v) is 28.1. The summed E-state index contributed by atoms with van der Waals surface area (Å²) in [6.45, 7) is 8.32. The molecule has 0 aromatic heterocycles. The van der Waals surface area contributed by atoms with Crippen molar-refractivity contribution in [2.24, 2.45) is 22.7 Å². The number of alkyl halides is 3. The molecular weight excluding hydrogens is 639 g/mol. The fourth-order valence-electron chi connectivity index (χ4n) is 6.68. The number of fused-ring (bicyclic) bond motifs is 1. The summed E-state index contributed by atoms with van der Waals surface area (Å²) in [5.74, 6) is -2.27. The normalized spacial score (nSPS) is 33.9. The van der Waals surface area contributed by atoms with Crippen LogP contribution in [0.1, 0.15) is 51.5 Å². The van der Waals surface area contributed by atoms with Crippen LogP contribution < -0.4 is 0 Å². The van der Waals surface area contributed by atoms with Gasteiger partial charge in [-0.3, -0.25) is 0 Å². The number of para-hydroxylation sites is 1. The Labute approximate surface area is 285 Å². The van der Waals surface area contributed by atoms with E-state index < -0.39 is 61.3 Å². The molecule has 0 spiro atoms. The third-order valence-electron chi connectivity index (χ3n) is 9.63. The molecule has 3 saturated heterocycles. The van der Waals surface area contributed by atoms with Crippen molar-refractivity contribution in [1.29, 1.82) is 0 Å². The number of nitrogens with zero attached hydrogens (tertiary/aromatic N) is 1. The molecule has 11 atom stereocenters. The summed E-state index contributed by atoms with van der Waals surface area (Å²) < 4.78 is 86.5. The second-order valence-electron chi connectivity index (χ2n) is 13.0. The van der Waals surface area contributed by atoms with Crippen LogP contribution in [0.25, 0.3) is 0 Å². The Morgan fingerprint density at radius 3 is 2.08 bits per heavy atom. The summed E-state index contributed by atoms with van der Waals surface area (Å²) in [5, 5.41) is 0. The van der Waals surface area contributed by atoms with E-state index in [4.69, 9.17) is 33.2 Å². The third-order valence-corrected chi connectivity index (χ3v) is 9.63. The summed E-state index contributed by atoms with van der Waals surface area (Å²) in [4.78, 5) is 3.77. The van der Waals surface area contributed by atoms with Gasteiger partial charge in [0.25, 0.3) is 5.90 Å². The van der Waals surface area contributed by atoms with Crippen molar-refractivity contribution in [1.82, 2.24) is 0 Å². The van der Waals surface area contributed by atoms with E-state index in [2.05, 4.69) is 11.9 Å². The first-order valence-electron chi connectivity index (χ1n) is 16.9. The highest BCUT2D eigenvalue weighted by molar-refractivity contribution is 5.84. The SMILES string of the molecule is CCC1OC(O/C(=N/c2ccccc2)C(F)(F)F)C(C)[C@@H](C)[C@@H]1O[C@@H]1OC2COC(c3ccccc3)O[C@H]2[C@H](C)C1OCc1ccccc1. The van der Waals surface area contributed by atoms with E-state index in [-0.39, 0.29) is 23.6 Å². The monoisotopic (exact) mass is 683 g/mol. The maximum absolute atomic E-state index is 14.1. The molecule has 3 fully saturated rings. The molecule has 3 aliphatic rings. The zero-order valence-electron chi connectivity index (χ0n) is 28.1. The molecule has 11 heteroatoms. The van der Waals surface area contributed by atoms with Crippen molar-refractivity contribution in [3.05, 3.63) is 102 Å². The number of ether oxygens (including phenoxy) is 7. The second-order valence-corrected chi connectivity index (χ2v) is 13.0. The smallest absolute Gasteiger partial charge is 0.444 e. The maximum Gasteiger partial charge on any atom is 0.468 e. The summed E-state index contributed by atoms with van der Waals surface area (Å²) in [6.07, 6.45) is -9.30. The summed E-state index contributed by atoms with van der Waals surface area (Å²) in [7, 11) is 0. The van der Waals surface area contributed by atoms with Crippen LogP contribution in [-0.4, -0.2) is 61.8 Å². The van der Waals surface area contributed by atoms with Gasteiger partial charge in [0.1, 0.15) is 12.2 Å². The summed E-state index contributed by atoms with van der Waals surface area (Å²) in [5.41, 5.74) is 2.05. The Hall–Kier alpha value is -3.32. The van der Waals surface area contributed by atoms with Gasteiger partial charge in [0.05, 0.1) is 37.2 Å². The topological polar surface area (TPSA) is 77.0 Å². The second kappa shape index (κ2) is 15.7. The molecule has 3 heterocycles. The minimum atomic E-state index is -4.81. The molecule has 0 bridgehead atoms. The average Bonchev–Trinajstić information content (AvgIpc) is 3.11. The van der Waals surface area contributed by atoms with E-state index in [1.807, 2.05) is 74.5 Å². The molecule has 0 amide bonds. The Balaban J connectivity index is 1.20. The zero-order chi connectivity index (χ0) is 34.5. The van der Waals surface area contributed by atoms with Crippen molar-refractivity contribution in [3.8, 4) is 0 Å². The lowest BCUT2D eigenvalue weighted by atomic mass is 9.83. The fourth-order valence-corrected chi connectivity index (χ4v) is 6.68. The van der Waals surface area contributed by atoms with Crippen molar-refractivity contribution in [3.63, 3.8) is 0 Å². The lowest BCUT2D eigenvalue weighted by Gasteiger charge is -2.51. The van der Waals surface area contributed by atoms with Gasteiger partial charge in [-0.25, -0.2) is 4.99 Å². The fraction of sp³-hybridized carbons (Fsp3) is 0.500. The van der Waals surface area contributed by atoms with E-state index in [9.17, 15) is 13.2 Å². The van der Waals surface area contributed by atoms with Gasteiger partial charge in [0.2, 0.25) is 6.29 Å². The van der Waals surface area contributed by atoms with Crippen LogP contribution in [0.2, 0.25) is 0 Å². The van der Waals surface area contributed by atoms with Gasteiger partial charge < -0.3 is 33.2 Å². The standard InChI is InChI=1S/C38H44F3NO7/c1-5-29-31(23(2)24(3)34(45-29)49-37(38(39,40)41)42-28-19-13-8-14-20-28)48-36-33(43-21-26-15-9-6-10-16-26)25(4)32-30(46-36)22-44-35(47-32)27-17-11-7-12-18-27/h6-20,23-25,29-36H,5,21-22H2,1-4H3/b42-37+/t23-,24?,25+,29?,30?,31+,32+,33?,34?,35?,36+/m1/s1. The predicted molar refractivity (Wildman–Crippen MR) is 176 cm³/mol. The molecule has 0 aliphatic carbocycles. The highest BCUT2D eigenvalue weighted by Gasteiger charge is 2.52. The van der Waals surface area contributed by atoms with Crippen molar-refractivity contribution in [2.45, 2.75) is 96.3 Å². The minimum absolute atomic E-state index is 0.133. The predicted octanol–water partition coefficient (Wildman–Crippen LogP) is 8.15. The molecule has 0 saturated carbocycles. The average molecular weight is 684 g/mol. The Morgan fingerprint density at radius 1 is 0.776 bits per heavy atom. The molecule has 8 nitrogen and oxygen atoms in total. The van der Waals surface area contributed by atoms with Crippen molar-refractivity contribution < 1.29 is 46.3 Å². The van der Waals surface area contributed by atoms with Gasteiger partial charge in [-0.2, -0.15) is 13.2 Å². The molecule has 3 aromatic carbocycles. The highest BCUT2D eigenvalue weighted by atomic mass is 19.4. The van der Waals surface area contributed by atoms with E-state index in [0.29, 0.717) is 19.6 Å². The van der Waals surface area contributed by atoms with Gasteiger partial charge >= 0.3 is 6.18 Å². The first-order chi connectivity index (χ1) is 23.6. The number of aliphatic imine (C=N–C) groups is 1. The van der Waals surface area contributed by atoms with E-state index in [0.717, 1.165) is 11.1 Å². The Bertz CT molecular complexity index is 1490. The third kappa shape index (κ3) is 8.36. The summed E-state index contributed by atoms with van der Waals surface area (Å²) in [6, 6.07) is 27.5. The molecule has 0 N–H and O–H groups in total. The number of benzene rings is 3. The van der Waals surface area contributed by atoms with Crippen LogP contribution in [0.3, 0.4) is 0 Å². The number of halogens is 3. The van der Waals surface area contributed by atoms with Gasteiger partial charge in [0, 0.05) is 17.4 Å². The number of rotatable bonds is 9. The molecule has 49 heavy (non-hydrogen) atoms. The van der Waals surface area contributed by atoms with E-state index in [1.165, 1.54) is 12.1 Å². The lowest BCUT2D eigenvalue weighted by Crippen LogP contribution is -2.61.